The highest BCUT2D eigenvalue weighted by Crippen LogP contribution is 2.52. The molecule has 0 aromatic heterocycles. The number of nitrogens with two attached hydrogens (primary N) is 1. The molecule has 2 fully saturated rings. The fraction of sp³-hybridized carbons (Fsp3) is 1.00. The minimum absolute atomic E-state index is 0.503. The fourth-order valence-electron chi connectivity index (χ4n) is 3.31. The molecule has 0 saturated heterocycles. The summed E-state index contributed by atoms with van der Waals surface area (Å²) < 4.78 is 0. The summed E-state index contributed by atoms with van der Waals surface area (Å²) in [6, 6.07) is 0.503. The molecule has 2 aliphatic carbocycles. The smallest absolute Gasteiger partial charge is 0.00418 e. The first-order valence-corrected chi connectivity index (χ1v) is 6.35. The molecule has 0 aromatic carbocycles. The van der Waals surface area contributed by atoms with E-state index in [0.29, 0.717) is 11.5 Å². The lowest BCUT2D eigenvalue weighted by Crippen LogP contribution is -2.35. The van der Waals surface area contributed by atoms with E-state index in [2.05, 4.69) is 13.8 Å². The van der Waals surface area contributed by atoms with Gasteiger partial charge in [0.1, 0.15) is 0 Å². The Labute approximate surface area is 89.5 Å². The third-order valence-corrected chi connectivity index (χ3v) is 4.20. The summed E-state index contributed by atoms with van der Waals surface area (Å²) in [7, 11) is 0. The van der Waals surface area contributed by atoms with Crippen molar-refractivity contribution >= 4 is 0 Å². The Morgan fingerprint density at radius 3 is 2.36 bits per heavy atom. The molecule has 0 aromatic rings. The Kier molecular flexibility index (Phi) is 4.00. The van der Waals surface area contributed by atoms with E-state index in [9.17, 15) is 0 Å². The molecule has 2 rings (SSSR count). The third-order valence-electron chi connectivity index (χ3n) is 4.20. The van der Waals surface area contributed by atoms with Crippen molar-refractivity contribution in [3.05, 3.63) is 0 Å². The molecule has 2 saturated carbocycles. The van der Waals surface area contributed by atoms with Crippen LogP contribution in [0.5, 0.6) is 0 Å². The second kappa shape index (κ2) is 4.65. The monoisotopic (exact) mass is 197 g/mol. The van der Waals surface area contributed by atoms with Crippen molar-refractivity contribution in [3.8, 4) is 0 Å². The SMILES string of the molecule is CC.CC1(C)CCC2CCC(N)CC21. The van der Waals surface area contributed by atoms with Crippen LogP contribution in [0.25, 0.3) is 0 Å². The molecule has 3 atom stereocenters. The summed E-state index contributed by atoms with van der Waals surface area (Å²) in [6.07, 6.45) is 6.85. The van der Waals surface area contributed by atoms with Crippen LogP contribution in [0.1, 0.15) is 59.8 Å². The van der Waals surface area contributed by atoms with Gasteiger partial charge in [-0.25, -0.2) is 0 Å². The van der Waals surface area contributed by atoms with Gasteiger partial charge in [0.25, 0.3) is 0 Å². The van der Waals surface area contributed by atoms with Crippen LogP contribution in [0.15, 0.2) is 0 Å². The van der Waals surface area contributed by atoms with Crippen molar-refractivity contribution in [1.29, 1.82) is 0 Å². The Hall–Kier alpha value is -0.0400. The maximum atomic E-state index is 6.01. The maximum Gasteiger partial charge on any atom is 0.00418 e. The quantitative estimate of drug-likeness (QED) is 0.631. The van der Waals surface area contributed by atoms with Crippen LogP contribution in [0, 0.1) is 17.3 Å². The van der Waals surface area contributed by atoms with E-state index < -0.39 is 0 Å². The second-order valence-corrected chi connectivity index (χ2v) is 5.47. The summed E-state index contributed by atoms with van der Waals surface area (Å²) in [5, 5.41) is 0. The molecular weight excluding hydrogens is 170 g/mol. The van der Waals surface area contributed by atoms with Gasteiger partial charge in [0.05, 0.1) is 0 Å². The van der Waals surface area contributed by atoms with Crippen molar-refractivity contribution in [1.82, 2.24) is 0 Å². The van der Waals surface area contributed by atoms with Crippen LogP contribution < -0.4 is 5.73 Å². The normalized spacial score (nSPS) is 39.6. The van der Waals surface area contributed by atoms with E-state index in [0.717, 1.165) is 11.8 Å². The van der Waals surface area contributed by atoms with Gasteiger partial charge >= 0.3 is 0 Å². The molecular formula is C13H27N. The lowest BCUT2D eigenvalue weighted by Gasteiger charge is -2.37. The maximum absolute atomic E-state index is 6.01. The van der Waals surface area contributed by atoms with Crippen LogP contribution in [0.3, 0.4) is 0 Å². The molecule has 0 spiro atoms. The lowest BCUT2D eigenvalue weighted by atomic mass is 9.70. The van der Waals surface area contributed by atoms with Crippen LogP contribution in [-0.2, 0) is 0 Å². The van der Waals surface area contributed by atoms with Crippen molar-refractivity contribution in [2.24, 2.45) is 23.0 Å². The summed E-state index contributed by atoms with van der Waals surface area (Å²) >= 11 is 0. The average Bonchev–Trinajstić information content (AvgIpc) is 2.46. The molecule has 0 aliphatic heterocycles. The zero-order valence-corrected chi connectivity index (χ0v) is 10.3. The topological polar surface area (TPSA) is 26.0 Å². The van der Waals surface area contributed by atoms with E-state index in [4.69, 9.17) is 5.73 Å². The summed E-state index contributed by atoms with van der Waals surface area (Å²) in [5.74, 6) is 1.95. The summed E-state index contributed by atoms with van der Waals surface area (Å²) in [5.41, 5.74) is 6.60. The number of hydrogen-bond acceptors (Lipinski definition) is 1. The van der Waals surface area contributed by atoms with E-state index in [1.165, 1.54) is 32.1 Å². The summed E-state index contributed by atoms with van der Waals surface area (Å²) in [6.45, 7) is 8.85. The molecule has 14 heavy (non-hydrogen) atoms. The largest absolute Gasteiger partial charge is 0.328 e. The predicted octanol–water partition coefficient (Wildman–Crippen LogP) is 3.58. The van der Waals surface area contributed by atoms with Crippen LogP contribution >= 0.6 is 0 Å². The molecule has 3 unspecified atom stereocenters. The predicted molar refractivity (Wildman–Crippen MR) is 63.2 cm³/mol. The van der Waals surface area contributed by atoms with Crippen LogP contribution in [0.4, 0.5) is 0 Å². The first-order chi connectivity index (χ1) is 6.59. The van der Waals surface area contributed by atoms with Crippen LogP contribution in [-0.4, -0.2) is 6.04 Å². The Morgan fingerprint density at radius 2 is 1.71 bits per heavy atom. The fourth-order valence-corrected chi connectivity index (χ4v) is 3.31. The molecule has 0 radical (unpaired) electrons. The summed E-state index contributed by atoms with van der Waals surface area (Å²) in [4.78, 5) is 0. The van der Waals surface area contributed by atoms with Gasteiger partial charge in [-0.3, -0.25) is 0 Å². The molecule has 0 heterocycles. The minimum Gasteiger partial charge on any atom is -0.328 e. The van der Waals surface area contributed by atoms with Gasteiger partial charge in [-0.2, -0.15) is 0 Å². The molecule has 0 amide bonds. The highest BCUT2D eigenvalue weighted by Gasteiger charge is 2.43. The standard InChI is InChI=1S/C11H21N.C2H6/c1-11(2)6-5-8-3-4-9(12)7-10(8)11;1-2/h8-10H,3-7,12H2,1-2H3;1-2H3. The Balaban J connectivity index is 0.000000461. The van der Waals surface area contributed by atoms with Gasteiger partial charge < -0.3 is 5.73 Å². The molecule has 2 aliphatic rings. The highest BCUT2D eigenvalue weighted by molar-refractivity contribution is 4.95. The Bertz CT molecular complexity index is 174. The van der Waals surface area contributed by atoms with Gasteiger partial charge in [0.15, 0.2) is 0 Å². The van der Waals surface area contributed by atoms with Crippen molar-refractivity contribution < 1.29 is 0 Å². The van der Waals surface area contributed by atoms with Gasteiger partial charge in [-0.15, -0.1) is 0 Å². The first kappa shape index (κ1) is 12.0. The van der Waals surface area contributed by atoms with E-state index in [-0.39, 0.29) is 0 Å². The first-order valence-electron chi connectivity index (χ1n) is 6.35. The number of rotatable bonds is 0. The van der Waals surface area contributed by atoms with Gasteiger partial charge in [-0.05, 0) is 49.4 Å². The molecule has 0 bridgehead atoms. The number of fused-ring (bicyclic) bond motifs is 1. The van der Waals surface area contributed by atoms with E-state index in [1.807, 2.05) is 13.8 Å². The van der Waals surface area contributed by atoms with Crippen molar-refractivity contribution in [2.45, 2.75) is 65.8 Å². The van der Waals surface area contributed by atoms with Gasteiger partial charge in [0, 0.05) is 6.04 Å². The average molecular weight is 197 g/mol. The lowest BCUT2D eigenvalue weighted by molar-refractivity contribution is 0.151. The minimum atomic E-state index is 0.503. The Morgan fingerprint density at radius 1 is 1.07 bits per heavy atom. The van der Waals surface area contributed by atoms with Crippen molar-refractivity contribution in [3.63, 3.8) is 0 Å². The molecule has 84 valence electrons. The second-order valence-electron chi connectivity index (χ2n) is 5.47. The van der Waals surface area contributed by atoms with Crippen LogP contribution in [0.2, 0.25) is 0 Å². The molecule has 2 N–H and O–H groups in total. The van der Waals surface area contributed by atoms with E-state index >= 15 is 0 Å². The highest BCUT2D eigenvalue weighted by atomic mass is 14.7. The van der Waals surface area contributed by atoms with Gasteiger partial charge in [-0.1, -0.05) is 27.7 Å². The molecule has 1 heteroatoms. The van der Waals surface area contributed by atoms with Crippen molar-refractivity contribution in [2.75, 3.05) is 0 Å². The third kappa shape index (κ3) is 2.31. The number of hydrogen-bond donors (Lipinski definition) is 1. The zero-order chi connectivity index (χ0) is 10.8. The van der Waals surface area contributed by atoms with E-state index in [1.54, 1.807) is 0 Å². The van der Waals surface area contributed by atoms with Gasteiger partial charge in [0.2, 0.25) is 0 Å². The zero-order valence-electron chi connectivity index (χ0n) is 10.3. The molecule has 1 nitrogen and oxygen atoms in total.